The summed E-state index contributed by atoms with van der Waals surface area (Å²) in [7, 11) is 0. The first-order valence-electron chi connectivity index (χ1n) is 5.01. The lowest BCUT2D eigenvalue weighted by Crippen LogP contribution is -1.95. The molecule has 0 aromatic heterocycles. The minimum atomic E-state index is 0.206. The number of phenolic OH excluding ortho intramolecular Hbond substituents is 1. The minimum absolute atomic E-state index is 0.206. The highest BCUT2D eigenvalue weighted by Gasteiger charge is 2.01. The maximum atomic E-state index is 9.52. The number of ether oxygens (including phenoxy) is 1. The molecule has 2 rings (SSSR count). The normalized spacial score (nSPS) is 10.2. The molecule has 2 aromatic rings. The van der Waals surface area contributed by atoms with Crippen molar-refractivity contribution in [3.8, 4) is 11.5 Å². The maximum Gasteiger partial charge on any atom is 0.130 e. The number of hydrogen-bond donors (Lipinski definition) is 1. The van der Waals surface area contributed by atoms with Crippen LogP contribution in [0.1, 0.15) is 5.56 Å². The quantitative estimate of drug-likeness (QED) is 0.911. The molecule has 0 bridgehead atoms. The van der Waals surface area contributed by atoms with Gasteiger partial charge in [-0.2, -0.15) is 0 Å². The molecule has 0 atom stereocenters. The largest absolute Gasteiger partial charge is 0.507 e. The summed E-state index contributed by atoms with van der Waals surface area (Å²) in [6.45, 7) is 0.390. The average Bonchev–Trinajstić information content (AvgIpc) is 2.31. The summed E-state index contributed by atoms with van der Waals surface area (Å²) in [6, 6.07) is 12.5. The van der Waals surface area contributed by atoms with E-state index in [1.54, 1.807) is 24.3 Å². The second-order valence-corrected chi connectivity index (χ2v) is 4.82. The van der Waals surface area contributed by atoms with Crippen molar-refractivity contribution in [1.29, 1.82) is 0 Å². The predicted octanol–water partition coefficient (Wildman–Crippen LogP) is 4.39. The second-order valence-electron chi connectivity index (χ2n) is 3.53. The molecule has 0 amide bonds. The molecule has 0 saturated carbocycles. The van der Waals surface area contributed by atoms with Gasteiger partial charge in [-0.25, -0.2) is 0 Å². The Kier molecular flexibility index (Phi) is 3.92. The van der Waals surface area contributed by atoms with Crippen molar-refractivity contribution in [2.24, 2.45) is 0 Å². The van der Waals surface area contributed by atoms with E-state index >= 15 is 0 Å². The number of benzene rings is 2. The molecule has 0 radical (unpaired) electrons. The molecule has 0 aliphatic heterocycles. The van der Waals surface area contributed by atoms with Crippen LogP contribution >= 0.6 is 27.5 Å². The van der Waals surface area contributed by atoms with Crippen LogP contribution in [0.4, 0.5) is 0 Å². The van der Waals surface area contributed by atoms with Crippen molar-refractivity contribution in [3.63, 3.8) is 0 Å². The highest BCUT2D eigenvalue weighted by Crippen LogP contribution is 2.25. The third-order valence-corrected chi connectivity index (χ3v) is 3.12. The van der Waals surface area contributed by atoms with Crippen LogP contribution in [0.25, 0.3) is 0 Å². The number of halogens is 2. The van der Waals surface area contributed by atoms with Gasteiger partial charge in [0, 0.05) is 5.02 Å². The van der Waals surface area contributed by atoms with E-state index in [2.05, 4.69) is 15.9 Å². The fraction of sp³-hybridized carbons (Fsp3) is 0.0769. The van der Waals surface area contributed by atoms with Crippen molar-refractivity contribution >= 4 is 27.5 Å². The van der Waals surface area contributed by atoms with Gasteiger partial charge < -0.3 is 9.84 Å². The molecule has 2 aromatic carbocycles. The van der Waals surface area contributed by atoms with E-state index in [9.17, 15) is 5.11 Å². The van der Waals surface area contributed by atoms with Gasteiger partial charge in [0.05, 0.1) is 4.47 Å². The van der Waals surface area contributed by atoms with Crippen LogP contribution in [0.3, 0.4) is 0 Å². The molecular weight excluding hydrogens is 303 g/mol. The lowest BCUT2D eigenvalue weighted by molar-refractivity contribution is 0.305. The van der Waals surface area contributed by atoms with E-state index in [4.69, 9.17) is 16.3 Å². The first-order valence-corrected chi connectivity index (χ1v) is 6.18. The molecule has 0 unspecified atom stereocenters. The average molecular weight is 314 g/mol. The zero-order valence-electron chi connectivity index (χ0n) is 8.86. The SMILES string of the molecule is Oc1cc(COc2cccc(Cl)c2)ccc1Br. The first-order chi connectivity index (χ1) is 8.15. The van der Waals surface area contributed by atoms with Crippen LogP contribution in [-0.2, 0) is 6.61 Å². The van der Waals surface area contributed by atoms with Gasteiger partial charge in [0.2, 0.25) is 0 Å². The summed E-state index contributed by atoms with van der Waals surface area (Å²) < 4.78 is 6.23. The highest BCUT2D eigenvalue weighted by atomic mass is 79.9. The van der Waals surface area contributed by atoms with E-state index in [-0.39, 0.29) is 5.75 Å². The predicted molar refractivity (Wildman–Crippen MR) is 71.6 cm³/mol. The zero-order valence-corrected chi connectivity index (χ0v) is 11.2. The Morgan fingerprint density at radius 1 is 1.18 bits per heavy atom. The number of phenols is 1. The van der Waals surface area contributed by atoms with E-state index < -0.39 is 0 Å². The summed E-state index contributed by atoms with van der Waals surface area (Å²) in [4.78, 5) is 0. The van der Waals surface area contributed by atoms with Crippen molar-refractivity contribution in [2.45, 2.75) is 6.61 Å². The van der Waals surface area contributed by atoms with Gasteiger partial charge in [-0.1, -0.05) is 23.7 Å². The van der Waals surface area contributed by atoms with Crippen molar-refractivity contribution < 1.29 is 9.84 Å². The van der Waals surface area contributed by atoms with Gasteiger partial charge in [-0.3, -0.25) is 0 Å². The molecule has 0 fully saturated rings. The molecule has 88 valence electrons. The van der Waals surface area contributed by atoms with Gasteiger partial charge in [-0.15, -0.1) is 0 Å². The lowest BCUT2D eigenvalue weighted by Gasteiger charge is -2.07. The molecule has 2 nitrogen and oxygen atoms in total. The molecule has 0 saturated heterocycles. The van der Waals surface area contributed by atoms with Gasteiger partial charge in [-0.05, 0) is 51.8 Å². The summed E-state index contributed by atoms with van der Waals surface area (Å²) in [5, 5.41) is 10.2. The van der Waals surface area contributed by atoms with Crippen LogP contribution < -0.4 is 4.74 Å². The molecule has 0 spiro atoms. The number of hydrogen-bond acceptors (Lipinski definition) is 2. The second kappa shape index (κ2) is 5.43. The smallest absolute Gasteiger partial charge is 0.130 e. The van der Waals surface area contributed by atoms with E-state index in [0.29, 0.717) is 21.9 Å². The Bertz CT molecular complexity index is 529. The van der Waals surface area contributed by atoms with Crippen LogP contribution in [0.15, 0.2) is 46.9 Å². The fourth-order valence-electron chi connectivity index (χ4n) is 1.37. The van der Waals surface area contributed by atoms with E-state index in [1.165, 1.54) is 0 Å². The maximum absolute atomic E-state index is 9.52. The van der Waals surface area contributed by atoms with Crippen LogP contribution in [0, 0.1) is 0 Å². The Morgan fingerprint density at radius 3 is 2.71 bits per heavy atom. The standard InChI is InChI=1S/C13H10BrClO2/c14-12-5-4-9(6-13(12)16)8-17-11-3-1-2-10(15)7-11/h1-7,16H,8H2. The van der Waals surface area contributed by atoms with Crippen LogP contribution in [0.2, 0.25) is 5.02 Å². The summed E-state index contributed by atoms with van der Waals surface area (Å²) in [6.07, 6.45) is 0. The molecule has 1 N–H and O–H groups in total. The van der Waals surface area contributed by atoms with Crippen molar-refractivity contribution in [3.05, 3.63) is 57.5 Å². The summed E-state index contributed by atoms with van der Waals surface area (Å²) in [5.74, 6) is 0.914. The van der Waals surface area contributed by atoms with Crippen LogP contribution in [-0.4, -0.2) is 5.11 Å². The molecule has 0 aliphatic carbocycles. The van der Waals surface area contributed by atoms with Crippen molar-refractivity contribution in [2.75, 3.05) is 0 Å². The van der Waals surface area contributed by atoms with Gasteiger partial charge >= 0.3 is 0 Å². The third-order valence-electron chi connectivity index (χ3n) is 2.21. The minimum Gasteiger partial charge on any atom is -0.507 e. The monoisotopic (exact) mass is 312 g/mol. The Morgan fingerprint density at radius 2 is 2.00 bits per heavy atom. The third kappa shape index (κ3) is 3.38. The van der Waals surface area contributed by atoms with Crippen molar-refractivity contribution in [1.82, 2.24) is 0 Å². The summed E-state index contributed by atoms with van der Waals surface area (Å²) in [5.41, 5.74) is 0.894. The molecule has 0 heterocycles. The topological polar surface area (TPSA) is 29.5 Å². The summed E-state index contributed by atoms with van der Waals surface area (Å²) >= 11 is 9.07. The number of aromatic hydroxyl groups is 1. The molecular formula is C13H10BrClO2. The zero-order chi connectivity index (χ0) is 12.3. The number of rotatable bonds is 3. The molecule has 4 heteroatoms. The van der Waals surface area contributed by atoms with Gasteiger partial charge in [0.25, 0.3) is 0 Å². The van der Waals surface area contributed by atoms with E-state index in [0.717, 1.165) is 5.56 Å². The van der Waals surface area contributed by atoms with Gasteiger partial charge in [0.1, 0.15) is 18.1 Å². The Hall–Kier alpha value is -1.19. The Labute approximate surface area is 113 Å². The van der Waals surface area contributed by atoms with E-state index in [1.807, 2.05) is 18.2 Å². The molecule has 17 heavy (non-hydrogen) atoms. The fourth-order valence-corrected chi connectivity index (χ4v) is 1.80. The van der Waals surface area contributed by atoms with Crippen LogP contribution in [0.5, 0.6) is 11.5 Å². The highest BCUT2D eigenvalue weighted by molar-refractivity contribution is 9.10. The first kappa shape index (κ1) is 12.3. The molecule has 0 aliphatic rings. The Balaban J connectivity index is 2.05. The van der Waals surface area contributed by atoms with Gasteiger partial charge in [0.15, 0.2) is 0 Å². The lowest BCUT2D eigenvalue weighted by atomic mass is 10.2.